The summed E-state index contributed by atoms with van der Waals surface area (Å²) >= 11 is 0. The van der Waals surface area contributed by atoms with Crippen LogP contribution in [0.25, 0.3) is 0 Å². The molecule has 0 radical (unpaired) electrons. The second-order valence-corrected chi connectivity index (χ2v) is 6.93. The van der Waals surface area contributed by atoms with Gasteiger partial charge in [0.2, 0.25) is 0 Å². The van der Waals surface area contributed by atoms with Crippen LogP contribution < -0.4 is 0 Å². The molecule has 26 heavy (non-hydrogen) atoms. The van der Waals surface area contributed by atoms with E-state index >= 15 is 0 Å². The lowest BCUT2D eigenvalue weighted by atomic mass is 10.1. The van der Waals surface area contributed by atoms with Crippen molar-refractivity contribution >= 4 is 22.8 Å². The van der Waals surface area contributed by atoms with Crippen LogP contribution in [0, 0.1) is 0 Å². The van der Waals surface area contributed by atoms with Gasteiger partial charge in [-0.1, -0.05) is 51.0 Å². The number of benzene rings is 2. The molecule has 0 heterocycles. The number of aryl methyl sites for hydroxylation is 2. The molecule has 0 aliphatic carbocycles. The molecule has 2 heteroatoms. The molecule has 0 fully saturated rings. The fourth-order valence-corrected chi connectivity index (χ4v) is 2.79. The van der Waals surface area contributed by atoms with Crippen molar-refractivity contribution in [2.45, 2.75) is 66.2 Å². The van der Waals surface area contributed by atoms with Gasteiger partial charge >= 0.3 is 0 Å². The molecule has 2 rings (SSSR count). The fraction of sp³-hybridized carbons (Fsp3) is 0.417. The van der Waals surface area contributed by atoms with Gasteiger partial charge in [0.05, 0.1) is 22.8 Å². The fourth-order valence-electron chi connectivity index (χ4n) is 2.79. The molecule has 2 aromatic carbocycles. The van der Waals surface area contributed by atoms with Crippen molar-refractivity contribution in [2.24, 2.45) is 9.98 Å². The molecule has 0 saturated heterocycles. The summed E-state index contributed by atoms with van der Waals surface area (Å²) in [6.07, 6.45) is 7.24. The van der Waals surface area contributed by atoms with Crippen LogP contribution in [0.4, 0.5) is 11.4 Å². The molecular weight excluding hydrogens is 316 g/mol. The van der Waals surface area contributed by atoms with E-state index in [2.05, 4.69) is 62.4 Å². The van der Waals surface area contributed by atoms with Crippen LogP contribution in [0.3, 0.4) is 0 Å². The highest BCUT2D eigenvalue weighted by molar-refractivity contribution is 6.41. The molecule has 0 saturated carbocycles. The van der Waals surface area contributed by atoms with Crippen molar-refractivity contribution in [1.29, 1.82) is 0 Å². The number of unbranched alkanes of at least 4 members (excludes halogenated alkanes) is 2. The minimum Gasteiger partial charge on any atom is -0.252 e. The summed E-state index contributed by atoms with van der Waals surface area (Å²) in [5, 5.41) is 0. The van der Waals surface area contributed by atoms with E-state index in [1.54, 1.807) is 0 Å². The minimum absolute atomic E-state index is 0.960. The Labute approximate surface area is 159 Å². The van der Waals surface area contributed by atoms with E-state index in [0.29, 0.717) is 0 Å². The van der Waals surface area contributed by atoms with E-state index < -0.39 is 0 Å². The maximum Gasteiger partial charge on any atom is 0.0633 e. The van der Waals surface area contributed by atoms with Gasteiger partial charge in [-0.05, 0) is 74.9 Å². The van der Waals surface area contributed by atoms with Crippen molar-refractivity contribution in [3.63, 3.8) is 0 Å². The molecule has 2 nitrogen and oxygen atoms in total. The van der Waals surface area contributed by atoms with Crippen LogP contribution in [0.1, 0.15) is 64.5 Å². The number of rotatable bonds is 9. The van der Waals surface area contributed by atoms with Gasteiger partial charge in [0.25, 0.3) is 0 Å². The van der Waals surface area contributed by atoms with Gasteiger partial charge in [0.1, 0.15) is 0 Å². The lowest BCUT2D eigenvalue weighted by Gasteiger charge is -2.04. The second kappa shape index (κ2) is 10.7. The molecule has 0 unspecified atom stereocenters. The van der Waals surface area contributed by atoms with E-state index in [1.165, 1.54) is 36.8 Å². The first-order chi connectivity index (χ1) is 12.6. The summed E-state index contributed by atoms with van der Waals surface area (Å²) < 4.78 is 0. The van der Waals surface area contributed by atoms with Crippen LogP contribution >= 0.6 is 0 Å². The van der Waals surface area contributed by atoms with Crippen LogP contribution in [-0.4, -0.2) is 11.4 Å². The monoisotopic (exact) mass is 348 g/mol. The minimum atomic E-state index is 0.960. The number of aliphatic imine (C=N–C) groups is 2. The third-order valence-electron chi connectivity index (χ3n) is 4.63. The molecule has 0 aliphatic heterocycles. The summed E-state index contributed by atoms with van der Waals surface area (Å²) in [6, 6.07) is 17.1. The van der Waals surface area contributed by atoms with Gasteiger partial charge in [-0.3, -0.25) is 9.98 Å². The van der Waals surface area contributed by atoms with Gasteiger partial charge in [0.15, 0.2) is 0 Å². The quantitative estimate of drug-likeness (QED) is 0.426. The van der Waals surface area contributed by atoms with Crippen molar-refractivity contribution in [3.8, 4) is 0 Å². The molecule has 0 amide bonds. The zero-order chi connectivity index (χ0) is 18.8. The number of hydrogen-bond acceptors (Lipinski definition) is 2. The molecule has 0 atom stereocenters. The Morgan fingerprint density at radius 2 is 0.962 bits per heavy atom. The number of hydrogen-bond donors (Lipinski definition) is 0. The predicted octanol–water partition coefficient (Wildman–Crippen LogP) is 7.26. The zero-order valence-electron chi connectivity index (χ0n) is 16.8. The van der Waals surface area contributed by atoms with Crippen molar-refractivity contribution in [3.05, 3.63) is 59.7 Å². The second-order valence-electron chi connectivity index (χ2n) is 6.93. The maximum absolute atomic E-state index is 4.72. The van der Waals surface area contributed by atoms with E-state index in [4.69, 9.17) is 9.98 Å². The summed E-state index contributed by atoms with van der Waals surface area (Å²) in [7, 11) is 0. The Hall–Kier alpha value is -2.22. The highest BCUT2D eigenvalue weighted by Gasteiger charge is 2.00. The smallest absolute Gasteiger partial charge is 0.0633 e. The molecule has 0 bridgehead atoms. The summed E-state index contributed by atoms with van der Waals surface area (Å²) in [4.78, 5) is 9.44. The standard InChI is InChI=1S/C24H32N2/c1-5-7-9-21-11-15-23(16-12-21)25-19(3)20(4)26-24-17-13-22(14-18-24)10-8-6-2/h11-18H,5-10H2,1-4H3/b25-19+,26-20+. The van der Waals surface area contributed by atoms with Gasteiger partial charge < -0.3 is 0 Å². The third kappa shape index (κ3) is 6.59. The molecule has 0 spiro atoms. The van der Waals surface area contributed by atoms with Crippen molar-refractivity contribution < 1.29 is 0 Å². The summed E-state index contributed by atoms with van der Waals surface area (Å²) in [6.45, 7) is 8.50. The van der Waals surface area contributed by atoms with Gasteiger partial charge in [-0.2, -0.15) is 0 Å². The van der Waals surface area contributed by atoms with Crippen LogP contribution in [-0.2, 0) is 12.8 Å². The van der Waals surface area contributed by atoms with E-state index in [-0.39, 0.29) is 0 Å². The molecule has 138 valence electrons. The van der Waals surface area contributed by atoms with Gasteiger partial charge in [-0.15, -0.1) is 0 Å². The Bertz CT molecular complexity index is 656. The third-order valence-corrected chi connectivity index (χ3v) is 4.63. The SMILES string of the molecule is CCCCc1ccc(/N=C(C)/C(C)=N/c2ccc(CCCC)cc2)cc1. The maximum atomic E-state index is 4.72. The van der Waals surface area contributed by atoms with Crippen molar-refractivity contribution in [1.82, 2.24) is 0 Å². The number of nitrogens with zero attached hydrogens (tertiary/aromatic N) is 2. The Morgan fingerprint density at radius 1 is 0.615 bits per heavy atom. The Kier molecular flexibility index (Phi) is 8.27. The van der Waals surface area contributed by atoms with E-state index in [1.807, 2.05) is 13.8 Å². The first-order valence-electron chi connectivity index (χ1n) is 9.91. The topological polar surface area (TPSA) is 24.7 Å². The normalized spacial score (nSPS) is 12.5. The van der Waals surface area contributed by atoms with Crippen LogP contribution in [0.2, 0.25) is 0 Å². The first kappa shape index (κ1) is 20.1. The Morgan fingerprint density at radius 3 is 1.27 bits per heavy atom. The highest BCUT2D eigenvalue weighted by atomic mass is 14.8. The van der Waals surface area contributed by atoms with Crippen molar-refractivity contribution in [2.75, 3.05) is 0 Å². The first-order valence-corrected chi connectivity index (χ1v) is 9.91. The highest BCUT2D eigenvalue weighted by Crippen LogP contribution is 2.17. The van der Waals surface area contributed by atoms with Gasteiger partial charge in [0, 0.05) is 0 Å². The van der Waals surface area contributed by atoms with Gasteiger partial charge in [-0.25, -0.2) is 0 Å². The lowest BCUT2D eigenvalue weighted by Crippen LogP contribution is -2.04. The zero-order valence-corrected chi connectivity index (χ0v) is 16.8. The molecule has 0 aliphatic rings. The average Bonchev–Trinajstić information content (AvgIpc) is 2.67. The average molecular weight is 349 g/mol. The Balaban J connectivity index is 2.03. The van der Waals surface area contributed by atoms with E-state index in [9.17, 15) is 0 Å². The molecule has 0 aromatic heterocycles. The van der Waals surface area contributed by atoms with Crippen LogP contribution in [0.15, 0.2) is 58.5 Å². The lowest BCUT2D eigenvalue weighted by molar-refractivity contribution is 0.795. The molecular formula is C24H32N2. The largest absolute Gasteiger partial charge is 0.252 e. The molecule has 2 aromatic rings. The summed E-state index contributed by atoms with van der Waals surface area (Å²) in [5.41, 5.74) is 6.68. The van der Waals surface area contributed by atoms with Crippen LogP contribution in [0.5, 0.6) is 0 Å². The molecule has 0 N–H and O–H groups in total. The summed E-state index contributed by atoms with van der Waals surface area (Å²) in [5.74, 6) is 0. The predicted molar refractivity (Wildman–Crippen MR) is 116 cm³/mol. The van der Waals surface area contributed by atoms with E-state index in [0.717, 1.165) is 35.6 Å².